The van der Waals surface area contributed by atoms with Crippen molar-refractivity contribution >= 4 is 34.6 Å². The third kappa shape index (κ3) is 4.23. The second kappa shape index (κ2) is 7.46. The minimum Gasteiger partial charge on any atom is -0.361 e. The molecule has 24 heavy (non-hydrogen) atoms. The number of anilines is 1. The molecule has 0 amide bonds. The zero-order valence-electron chi connectivity index (χ0n) is 13.3. The van der Waals surface area contributed by atoms with Crippen LogP contribution < -0.4 is 10.2 Å². The van der Waals surface area contributed by atoms with E-state index in [0.29, 0.717) is 10.8 Å². The lowest BCUT2D eigenvalue weighted by molar-refractivity contribution is -0.917. The van der Waals surface area contributed by atoms with Crippen molar-refractivity contribution in [2.75, 3.05) is 31.5 Å². The van der Waals surface area contributed by atoms with E-state index in [0.717, 1.165) is 44.2 Å². The summed E-state index contributed by atoms with van der Waals surface area (Å²) in [5.41, 5.74) is 1.68. The third-order valence-electron chi connectivity index (χ3n) is 4.04. The van der Waals surface area contributed by atoms with Crippen LogP contribution in [-0.4, -0.2) is 41.3 Å². The summed E-state index contributed by atoms with van der Waals surface area (Å²) >= 11 is 11.2. The lowest BCUT2D eigenvalue weighted by atomic mass is 10.3. The van der Waals surface area contributed by atoms with Crippen LogP contribution in [0.4, 0.5) is 10.1 Å². The highest BCUT2D eigenvalue weighted by Gasteiger charge is 2.23. The van der Waals surface area contributed by atoms with Gasteiger partial charge in [-0.25, -0.2) is 4.39 Å². The van der Waals surface area contributed by atoms with Crippen LogP contribution in [0.2, 0.25) is 5.02 Å². The van der Waals surface area contributed by atoms with Crippen LogP contribution in [0.5, 0.6) is 0 Å². The van der Waals surface area contributed by atoms with Crippen LogP contribution >= 0.6 is 23.8 Å². The van der Waals surface area contributed by atoms with Crippen molar-refractivity contribution in [3.63, 3.8) is 0 Å². The highest BCUT2D eigenvalue weighted by Crippen LogP contribution is 2.19. The number of aryl methyl sites for hydroxylation is 1. The smallest absolute Gasteiger partial charge is 0.173 e. The number of nitrogens with zero attached hydrogens (tertiary/aromatic N) is 2. The van der Waals surface area contributed by atoms with Crippen LogP contribution in [-0.2, 0) is 6.54 Å². The van der Waals surface area contributed by atoms with E-state index < -0.39 is 5.82 Å². The zero-order valence-corrected chi connectivity index (χ0v) is 14.9. The Kier molecular flexibility index (Phi) is 5.33. The number of hydrogen-bond acceptors (Lipinski definition) is 3. The lowest BCUT2D eigenvalue weighted by Gasteiger charge is -2.33. The number of quaternary nitrogens is 1. The van der Waals surface area contributed by atoms with Crippen molar-refractivity contribution in [1.29, 1.82) is 0 Å². The fourth-order valence-corrected chi connectivity index (χ4v) is 3.22. The summed E-state index contributed by atoms with van der Waals surface area (Å²) < 4.78 is 18.3. The van der Waals surface area contributed by atoms with Gasteiger partial charge in [0.15, 0.2) is 5.11 Å². The number of hydrogen-bond donors (Lipinski definition) is 2. The lowest BCUT2D eigenvalue weighted by Crippen LogP contribution is -3.13. The predicted octanol–water partition coefficient (Wildman–Crippen LogP) is 1.87. The first-order valence-corrected chi connectivity index (χ1v) is 8.56. The van der Waals surface area contributed by atoms with Gasteiger partial charge >= 0.3 is 0 Å². The largest absolute Gasteiger partial charge is 0.361 e. The average Bonchev–Trinajstić information content (AvgIpc) is 2.96. The second-order valence-corrected chi connectivity index (χ2v) is 6.70. The van der Waals surface area contributed by atoms with Gasteiger partial charge in [0.1, 0.15) is 23.8 Å². The molecule has 2 N–H and O–H groups in total. The maximum Gasteiger partial charge on any atom is 0.173 e. The summed E-state index contributed by atoms with van der Waals surface area (Å²) in [5, 5.41) is 7.88. The summed E-state index contributed by atoms with van der Waals surface area (Å²) in [6.07, 6.45) is 0. The van der Waals surface area contributed by atoms with E-state index in [1.165, 1.54) is 17.0 Å². The monoisotopic (exact) mass is 369 g/mol. The van der Waals surface area contributed by atoms with Crippen LogP contribution in [0.15, 0.2) is 28.8 Å². The van der Waals surface area contributed by atoms with Crippen molar-refractivity contribution in [3.05, 3.63) is 46.6 Å². The molecule has 5 nitrogen and oxygen atoms in total. The molecule has 1 saturated heterocycles. The SMILES string of the molecule is Cc1cc(C[NH+]2CCN(C(=S)Nc3ccc(F)c(Cl)c3)CC2)no1. The molecule has 1 aliphatic rings. The fourth-order valence-electron chi connectivity index (χ4n) is 2.74. The molecule has 3 rings (SSSR count). The molecule has 0 unspecified atom stereocenters. The van der Waals surface area contributed by atoms with Gasteiger partial charge in [-0.15, -0.1) is 0 Å². The van der Waals surface area contributed by atoms with Gasteiger partial charge in [0, 0.05) is 11.8 Å². The molecule has 1 aromatic heterocycles. The maximum atomic E-state index is 13.2. The average molecular weight is 370 g/mol. The molecule has 0 spiro atoms. The van der Waals surface area contributed by atoms with Crippen molar-refractivity contribution in [2.45, 2.75) is 13.5 Å². The molecule has 0 atom stereocenters. The highest BCUT2D eigenvalue weighted by atomic mass is 35.5. The fraction of sp³-hybridized carbons (Fsp3) is 0.375. The molecule has 1 aliphatic heterocycles. The summed E-state index contributed by atoms with van der Waals surface area (Å²) in [6, 6.07) is 6.47. The Morgan fingerprint density at radius 1 is 1.42 bits per heavy atom. The van der Waals surface area contributed by atoms with E-state index >= 15 is 0 Å². The van der Waals surface area contributed by atoms with Gasteiger partial charge in [-0.05, 0) is 37.3 Å². The summed E-state index contributed by atoms with van der Waals surface area (Å²) in [5.74, 6) is 0.403. The van der Waals surface area contributed by atoms with Gasteiger partial charge in [0.05, 0.1) is 31.2 Å². The molecular formula is C16H19ClFN4OS+. The summed E-state index contributed by atoms with van der Waals surface area (Å²) in [6.45, 7) is 6.41. The Bertz CT molecular complexity index is 731. The Morgan fingerprint density at radius 2 is 2.17 bits per heavy atom. The number of piperazine rings is 1. The van der Waals surface area contributed by atoms with Crippen molar-refractivity contribution in [2.24, 2.45) is 0 Å². The Hall–Kier alpha value is -1.70. The molecular weight excluding hydrogens is 351 g/mol. The Morgan fingerprint density at radius 3 is 2.79 bits per heavy atom. The van der Waals surface area contributed by atoms with Crippen molar-refractivity contribution in [3.8, 4) is 0 Å². The topological polar surface area (TPSA) is 45.7 Å². The predicted molar refractivity (Wildman–Crippen MR) is 94.8 cm³/mol. The molecule has 1 aromatic carbocycles. The Balaban J connectivity index is 1.50. The van der Waals surface area contributed by atoms with E-state index in [-0.39, 0.29) is 5.02 Å². The maximum absolute atomic E-state index is 13.2. The van der Waals surface area contributed by atoms with Gasteiger partial charge in [-0.3, -0.25) is 0 Å². The summed E-state index contributed by atoms with van der Waals surface area (Å²) in [7, 11) is 0. The van der Waals surface area contributed by atoms with Crippen LogP contribution in [0, 0.1) is 12.7 Å². The van der Waals surface area contributed by atoms with Crippen molar-refractivity contribution in [1.82, 2.24) is 10.1 Å². The zero-order chi connectivity index (χ0) is 17.1. The first-order chi connectivity index (χ1) is 11.5. The van der Waals surface area contributed by atoms with Crippen LogP contribution in [0.25, 0.3) is 0 Å². The van der Waals surface area contributed by atoms with Gasteiger partial charge in [-0.2, -0.15) is 0 Å². The Labute approximate surface area is 150 Å². The highest BCUT2D eigenvalue weighted by molar-refractivity contribution is 7.80. The number of thiocarbonyl (C=S) groups is 1. The van der Waals surface area contributed by atoms with Crippen LogP contribution in [0.1, 0.15) is 11.5 Å². The molecule has 0 radical (unpaired) electrons. The quantitative estimate of drug-likeness (QED) is 0.809. The van der Waals surface area contributed by atoms with E-state index in [2.05, 4.69) is 15.4 Å². The van der Waals surface area contributed by atoms with Gasteiger partial charge < -0.3 is 19.6 Å². The number of benzene rings is 1. The molecule has 128 valence electrons. The van der Waals surface area contributed by atoms with Crippen LogP contribution in [0.3, 0.4) is 0 Å². The van der Waals surface area contributed by atoms with Gasteiger partial charge in [0.25, 0.3) is 0 Å². The number of aromatic nitrogens is 1. The standard InChI is InChI=1S/C16H18ClFN4OS/c1-11-8-13(20-23-11)10-21-4-6-22(7-5-21)16(24)19-12-2-3-15(18)14(17)9-12/h2-3,8-9H,4-7,10H2,1H3,(H,19,24)/p+1. The molecule has 2 heterocycles. The molecule has 0 aliphatic carbocycles. The summed E-state index contributed by atoms with van der Waals surface area (Å²) in [4.78, 5) is 3.57. The third-order valence-corrected chi connectivity index (χ3v) is 4.69. The molecule has 8 heteroatoms. The molecule has 1 fully saturated rings. The van der Waals surface area contributed by atoms with E-state index in [1.54, 1.807) is 6.07 Å². The number of rotatable bonds is 3. The molecule has 2 aromatic rings. The minimum atomic E-state index is -0.437. The number of halogens is 2. The normalized spacial score (nSPS) is 15.5. The molecule has 0 bridgehead atoms. The van der Waals surface area contributed by atoms with E-state index in [4.69, 9.17) is 28.3 Å². The minimum absolute atomic E-state index is 0.0833. The first-order valence-electron chi connectivity index (χ1n) is 7.78. The van der Waals surface area contributed by atoms with E-state index in [9.17, 15) is 4.39 Å². The molecule has 0 saturated carbocycles. The van der Waals surface area contributed by atoms with Gasteiger partial charge in [-0.1, -0.05) is 16.8 Å². The number of nitrogens with one attached hydrogen (secondary N) is 2. The van der Waals surface area contributed by atoms with Gasteiger partial charge in [0.2, 0.25) is 0 Å². The van der Waals surface area contributed by atoms with Crippen molar-refractivity contribution < 1.29 is 13.8 Å². The second-order valence-electron chi connectivity index (χ2n) is 5.90. The first kappa shape index (κ1) is 17.1. The van der Waals surface area contributed by atoms with E-state index in [1.807, 2.05) is 13.0 Å².